The van der Waals surface area contributed by atoms with Gasteiger partial charge in [0.05, 0.1) is 16.3 Å². The predicted octanol–water partition coefficient (Wildman–Crippen LogP) is 5.06. The number of sulfonamides is 1. The lowest BCUT2D eigenvalue weighted by atomic mass is 10.0. The van der Waals surface area contributed by atoms with E-state index in [1.807, 2.05) is 48.5 Å². The van der Waals surface area contributed by atoms with Gasteiger partial charge in [0.25, 0.3) is 0 Å². The Bertz CT molecular complexity index is 1200. The number of para-hydroxylation sites is 1. The van der Waals surface area contributed by atoms with Crippen molar-refractivity contribution < 1.29 is 8.42 Å². The molecule has 5 nitrogen and oxygen atoms in total. The third kappa shape index (κ3) is 4.74. The van der Waals surface area contributed by atoms with Crippen LogP contribution in [-0.2, 0) is 16.6 Å². The molecule has 0 bridgehead atoms. The third-order valence-corrected chi connectivity index (χ3v) is 8.40. The minimum Gasteiger partial charge on any atom is -0.313 e. The van der Waals surface area contributed by atoms with Crippen molar-refractivity contribution in [1.82, 2.24) is 8.87 Å². The Labute approximate surface area is 188 Å². The maximum absolute atomic E-state index is 13.0. The van der Waals surface area contributed by atoms with Crippen LogP contribution in [0.4, 0.5) is 5.69 Å². The number of aromatic nitrogens is 1. The van der Waals surface area contributed by atoms with Crippen molar-refractivity contribution in [1.29, 1.82) is 0 Å². The molecule has 162 valence electrons. The van der Waals surface area contributed by atoms with E-state index in [9.17, 15) is 8.42 Å². The first-order chi connectivity index (χ1) is 15.0. The zero-order valence-electron chi connectivity index (χ0n) is 17.6. The molecule has 2 heterocycles. The van der Waals surface area contributed by atoms with Gasteiger partial charge in [-0.3, -0.25) is 0 Å². The largest absolute Gasteiger partial charge is 0.313 e. The van der Waals surface area contributed by atoms with Gasteiger partial charge in [-0.2, -0.15) is 4.31 Å². The first kappa shape index (κ1) is 21.7. The van der Waals surface area contributed by atoms with Crippen molar-refractivity contribution in [3.05, 3.63) is 77.4 Å². The third-order valence-electron chi connectivity index (χ3n) is 5.62. The van der Waals surface area contributed by atoms with Crippen molar-refractivity contribution in [2.24, 2.45) is 10.9 Å². The molecule has 0 unspecified atom stereocenters. The fraction of sp³-hybridized carbons (Fsp3) is 0.292. The molecule has 0 amide bonds. The Morgan fingerprint density at radius 1 is 1.10 bits per heavy atom. The van der Waals surface area contributed by atoms with Crippen molar-refractivity contribution in [3.8, 4) is 11.3 Å². The standard InChI is InChI=1S/C24H27N3O2S2/c1-3-15-27-23(18-30-24(27)25-21-7-5-4-6-8-21)20-9-11-22(12-10-20)31(28,29)26-16-13-19(2)14-17-26/h3-12,18-19H,1,13-17H2,2H3. The van der Waals surface area contributed by atoms with Gasteiger partial charge < -0.3 is 4.57 Å². The van der Waals surface area contributed by atoms with Gasteiger partial charge in [0.15, 0.2) is 4.80 Å². The Hall–Kier alpha value is -2.48. The van der Waals surface area contributed by atoms with E-state index in [-0.39, 0.29) is 0 Å². The van der Waals surface area contributed by atoms with Crippen molar-refractivity contribution in [3.63, 3.8) is 0 Å². The number of hydrogen-bond donors (Lipinski definition) is 0. The molecule has 0 aliphatic carbocycles. The topological polar surface area (TPSA) is 54.7 Å². The normalized spacial score (nSPS) is 16.5. The molecular formula is C24H27N3O2S2. The summed E-state index contributed by atoms with van der Waals surface area (Å²) in [5.74, 6) is 0.586. The first-order valence-corrected chi connectivity index (χ1v) is 12.8. The van der Waals surface area contributed by atoms with Gasteiger partial charge in [-0.25, -0.2) is 13.4 Å². The first-order valence-electron chi connectivity index (χ1n) is 10.5. The molecular weight excluding hydrogens is 426 g/mol. The number of benzene rings is 2. The molecule has 4 rings (SSSR count). The molecule has 3 aromatic rings. The quantitative estimate of drug-likeness (QED) is 0.490. The van der Waals surface area contributed by atoms with Crippen LogP contribution in [0.1, 0.15) is 19.8 Å². The van der Waals surface area contributed by atoms with E-state index in [0.29, 0.717) is 30.4 Å². The van der Waals surface area contributed by atoms with Gasteiger partial charge in [-0.1, -0.05) is 43.3 Å². The van der Waals surface area contributed by atoms with Crippen molar-refractivity contribution >= 4 is 27.0 Å². The van der Waals surface area contributed by atoms with Crippen LogP contribution in [0, 0.1) is 5.92 Å². The molecule has 0 atom stereocenters. The van der Waals surface area contributed by atoms with Gasteiger partial charge >= 0.3 is 0 Å². The Kier molecular flexibility index (Phi) is 6.55. The molecule has 31 heavy (non-hydrogen) atoms. The highest BCUT2D eigenvalue weighted by atomic mass is 32.2. The fourth-order valence-electron chi connectivity index (χ4n) is 3.74. The van der Waals surface area contributed by atoms with E-state index in [2.05, 4.69) is 23.4 Å². The number of thiazole rings is 1. The van der Waals surface area contributed by atoms with Crippen LogP contribution in [0.15, 0.2) is 82.5 Å². The summed E-state index contributed by atoms with van der Waals surface area (Å²) in [5, 5.41) is 2.06. The molecule has 1 saturated heterocycles. The molecule has 2 aromatic carbocycles. The predicted molar refractivity (Wildman–Crippen MR) is 127 cm³/mol. The highest BCUT2D eigenvalue weighted by Crippen LogP contribution is 2.26. The molecule has 1 aliphatic heterocycles. The SMILES string of the molecule is C=CCn1c(-c2ccc(S(=O)(=O)N3CCC(C)CC3)cc2)csc1=Nc1ccccc1. The molecule has 1 aromatic heterocycles. The molecule has 1 aliphatic rings. The van der Waals surface area contributed by atoms with E-state index in [0.717, 1.165) is 34.6 Å². The molecule has 0 radical (unpaired) electrons. The number of allylic oxidation sites excluding steroid dienone is 1. The zero-order chi connectivity index (χ0) is 21.8. The van der Waals surface area contributed by atoms with E-state index in [4.69, 9.17) is 4.99 Å². The zero-order valence-corrected chi connectivity index (χ0v) is 19.3. The van der Waals surface area contributed by atoms with Gasteiger partial charge in [0.2, 0.25) is 10.0 Å². The summed E-state index contributed by atoms with van der Waals surface area (Å²) in [6.45, 7) is 7.87. The summed E-state index contributed by atoms with van der Waals surface area (Å²) in [5.41, 5.74) is 2.85. The van der Waals surface area contributed by atoms with Gasteiger partial charge in [0.1, 0.15) is 0 Å². The number of rotatable bonds is 6. The van der Waals surface area contributed by atoms with E-state index in [1.165, 1.54) is 0 Å². The van der Waals surface area contributed by atoms with Gasteiger partial charge in [0, 0.05) is 25.0 Å². The van der Waals surface area contributed by atoms with E-state index < -0.39 is 10.0 Å². The second-order valence-corrected chi connectivity index (χ2v) is 10.6. The number of nitrogens with zero attached hydrogens (tertiary/aromatic N) is 3. The molecule has 0 saturated carbocycles. The smallest absolute Gasteiger partial charge is 0.243 e. The second-order valence-electron chi connectivity index (χ2n) is 7.86. The molecule has 7 heteroatoms. The maximum atomic E-state index is 13.0. The summed E-state index contributed by atoms with van der Waals surface area (Å²) >= 11 is 1.56. The number of piperidine rings is 1. The Balaban J connectivity index is 1.65. The van der Waals surface area contributed by atoms with Crippen LogP contribution in [0.25, 0.3) is 11.3 Å². The Morgan fingerprint density at radius 2 is 1.77 bits per heavy atom. The molecule has 0 spiro atoms. The second kappa shape index (κ2) is 9.34. The van der Waals surface area contributed by atoms with Crippen molar-refractivity contribution in [2.45, 2.75) is 31.2 Å². The van der Waals surface area contributed by atoms with Gasteiger partial charge in [-0.05, 0) is 48.6 Å². The average Bonchev–Trinajstić information content (AvgIpc) is 3.17. The lowest BCUT2D eigenvalue weighted by Gasteiger charge is -2.29. The lowest BCUT2D eigenvalue weighted by Crippen LogP contribution is -2.37. The Morgan fingerprint density at radius 3 is 2.42 bits per heavy atom. The lowest BCUT2D eigenvalue weighted by molar-refractivity contribution is 0.288. The van der Waals surface area contributed by atoms with E-state index >= 15 is 0 Å². The monoisotopic (exact) mass is 453 g/mol. The highest BCUT2D eigenvalue weighted by Gasteiger charge is 2.28. The van der Waals surface area contributed by atoms with Crippen LogP contribution < -0.4 is 4.80 Å². The summed E-state index contributed by atoms with van der Waals surface area (Å²) in [6.07, 6.45) is 3.68. The minimum absolute atomic E-state index is 0.352. The van der Waals surface area contributed by atoms with E-state index in [1.54, 1.807) is 27.8 Å². The van der Waals surface area contributed by atoms with Crippen LogP contribution in [0.3, 0.4) is 0 Å². The summed E-state index contributed by atoms with van der Waals surface area (Å²) < 4.78 is 29.7. The van der Waals surface area contributed by atoms with Crippen LogP contribution in [-0.4, -0.2) is 30.4 Å². The minimum atomic E-state index is -3.45. The van der Waals surface area contributed by atoms with Crippen LogP contribution in [0.5, 0.6) is 0 Å². The summed E-state index contributed by atoms with van der Waals surface area (Å²) in [6, 6.07) is 17.0. The van der Waals surface area contributed by atoms with Crippen molar-refractivity contribution in [2.75, 3.05) is 13.1 Å². The number of hydrogen-bond acceptors (Lipinski definition) is 4. The van der Waals surface area contributed by atoms with Gasteiger partial charge in [-0.15, -0.1) is 17.9 Å². The molecule has 0 N–H and O–H groups in total. The highest BCUT2D eigenvalue weighted by molar-refractivity contribution is 7.89. The van der Waals surface area contributed by atoms with Crippen LogP contribution >= 0.6 is 11.3 Å². The fourth-order valence-corrected chi connectivity index (χ4v) is 6.15. The van der Waals surface area contributed by atoms with Crippen LogP contribution in [0.2, 0.25) is 0 Å². The maximum Gasteiger partial charge on any atom is 0.243 e. The average molecular weight is 454 g/mol. The summed E-state index contributed by atoms with van der Waals surface area (Å²) in [7, 11) is -3.45. The molecule has 1 fully saturated rings. The summed E-state index contributed by atoms with van der Waals surface area (Å²) in [4.78, 5) is 5.99.